The molecule has 0 spiro atoms. The molecule has 0 amide bonds. The minimum absolute atomic E-state index is 0.305. The standard InChI is InChI=1S/C28H37N5/c1-20(15-28(3,4)5)18-33-11-9-22(10-12-33)21(2)31-27-14-25-13-23(7-8-24(25)16-29-27)26-17-30-32(6)19-26/h7-8,13-14,16-17,19,22H,1-2,9-12,15,18H2,3-6H3,(H,29,31). The van der Waals surface area contributed by atoms with Crippen LogP contribution in [0.15, 0.2) is 67.3 Å². The molecule has 0 unspecified atom stereocenters. The number of aryl methyl sites for hydroxylation is 1. The number of hydrogen-bond donors (Lipinski definition) is 1. The molecule has 3 heterocycles. The molecule has 2 aromatic heterocycles. The highest BCUT2D eigenvalue weighted by Gasteiger charge is 2.23. The second kappa shape index (κ2) is 9.52. The van der Waals surface area contributed by atoms with Gasteiger partial charge < -0.3 is 5.32 Å². The van der Waals surface area contributed by atoms with E-state index in [1.54, 1.807) is 0 Å². The number of aromatic nitrogens is 3. The first-order chi connectivity index (χ1) is 15.7. The fourth-order valence-electron chi connectivity index (χ4n) is 4.79. The summed E-state index contributed by atoms with van der Waals surface area (Å²) in [6.07, 6.45) is 9.18. The number of rotatable bonds is 7. The molecular formula is C28H37N5. The van der Waals surface area contributed by atoms with Crippen LogP contribution < -0.4 is 5.32 Å². The first-order valence-corrected chi connectivity index (χ1v) is 11.9. The average molecular weight is 444 g/mol. The van der Waals surface area contributed by atoms with Gasteiger partial charge in [0.15, 0.2) is 0 Å². The van der Waals surface area contributed by atoms with Crippen LogP contribution in [0.5, 0.6) is 0 Å². The molecule has 0 saturated carbocycles. The fraction of sp³-hybridized carbons (Fsp3) is 0.429. The molecule has 0 atom stereocenters. The van der Waals surface area contributed by atoms with Crippen molar-refractivity contribution in [3.05, 3.63) is 67.3 Å². The second-order valence-electron chi connectivity index (χ2n) is 10.7. The summed E-state index contributed by atoms with van der Waals surface area (Å²) in [5.74, 6) is 1.33. The van der Waals surface area contributed by atoms with Gasteiger partial charge in [0, 0.05) is 48.6 Å². The molecule has 4 rings (SSSR count). The Balaban J connectivity index is 1.35. The van der Waals surface area contributed by atoms with Crippen LogP contribution >= 0.6 is 0 Å². The first-order valence-electron chi connectivity index (χ1n) is 11.9. The molecule has 5 heteroatoms. The molecule has 5 nitrogen and oxygen atoms in total. The van der Waals surface area contributed by atoms with Crippen molar-refractivity contribution in [3.63, 3.8) is 0 Å². The van der Waals surface area contributed by atoms with Crippen molar-refractivity contribution in [1.29, 1.82) is 0 Å². The summed E-state index contributed by atoms with van der Waals surface area (Å²) in [6.45, 7) is 18.7. The van der Waals surface area contributed by atoms with Gasteiger partial charge in [-0.25, -0.2) is 4.98 Å². The largest absolute Gasteiger partial charge is 0.344 e. The lowest BCUT2D eigenvalue weighted by Gasteiger charge is -2.34. The van der Waals surface area contributed by atoms with E-state index in [0.717, 1.165) is 72.3 Å². The van der Waals surface area contributed by atoms with Crippen molar-refractivity contribution in [2.45, 2.75) is 40.0 Å². The van der Waals surface area contributed by atoms with Crippen molar-refractivity contribution in [2.75, 3.05) is 25.0 Å². The number of fused-ring (bicyclic) bond motifs is 1. The number of anilines is 1. The quantitative estimate of drug-likeness (QED) is 0.438. The molecule has 0 bridgehead atoms. The van der Waals surface area contributed by atoms with Gasteiger partial charge >= 0.3 is 0 Å². The maximum atomic E-state index is 4.63. The van der Waals surface area contributed by atoms with E-state index in [4.69, 9.17) is 0 Å². The number of pyridine rings is 1. The second-order valence-corrected chi connectivity index (χ2v) is 10.7. The summed E-state index contributed by atoms with van der Waals surface area (Å²) in [4.78, 5) is 7.16. The van der Waals surface area contributed by atoms with E-state index in [1.165, 1.54) is 5.57 Å². The zero-order valence-corrected chi connectivity index (χ0v) is 20.6. The maximum absolute atomic E-state index is 4.63. The Labute approximate surface area is 198 Å². The Morgan fingerprint density at radius 1 is 1.06 bits per heavy atom. The van der Waals surface area contributed by atoms with E-state index in [0.29, 0.717) is 11.3 Å². The SMILES string of the molecule is C=C(CN1CCC(C(=C)Nc2cc3cc(-c4cnn(C)c4)ccc3cn2)CC1)CC(C)(C)C. The number of likely N-dealkylation sites (tertiary alicyclic amines) is 1. The molecule has 0 aliphatic carbocycles. The maximum Gasteiger partial charge on any atom is 0.130 e. The highest BCUT2D eigenvalue weighted by atomic mass is 15.2. The average Bonchev–Trinajstić information content (AvgIpc) is 3.18. The molecule has 1 aliphatic rings. The number of benzene rings is 1. The molecule has 1 aromatic carbocycles. The Kier molecular flexibility index (Phi) is 6.71. The molecule has 1 saturated heterocycles. The third-order valence-electron chi connectivity index (χ3n) is 6.36. The highest BCUT2D eigenvalue weighted by Crippen LogP contribution is 2.29. The number of nitrogens with one attached hydrogen (secondary N) is 1. The van der Waals surface area contributed by atoms with E-state index in [2.05, 4.69) is 78.5 Å². The molecule has 1 fully saturated rings. The summed E-state index contributed by atoms with van der Waals surface area (Å²) >= 11 is 0. The van der Waals surface area contributed by atoms with Crippen molar-refractivity contribution in [1.82, 2.24) is 19.7 Å². The van der Waals surface area contributed by atoms with Gasteiger partial charge in [-0.3, -0.25) is 9.58 Å². The van der Waals surface area contributed by atoms with Crippen LogP contribution in [0, 0.1) is 11.3 Å². The third-order valence-corrected chi connectivity index (χ3v) is 6.36. The highest BCUT2D eigenvalue weighted by molar-refractivity contribution is 5.88. The van der Waals surface area contributed by atoms with Gasteiger partial charge in [-0.2, -0.15) is 5.10 Å². The van der Waals surface area contributed by atoms with Crippen LogP contribution in [0.2, 0.25) is 0 Å². The molecule has 1 N–H and O–H groups in total. The molecule has 0 radical (unpaired) electrons. The van der Waals surface area contributed by atoms with E-state index in [-0.39, 0.29) is 0 Å². The van der Waals surface area contributed by atoms with Crippen molar-refractivity contribution in [2.24, 2.45) is 18.4 Å². The van der Waals surface area contributed by atoms with Gasteiger partial charge in [-0.15, -0.1) is 0 Å². The minimum Gasteiger partial charge on any atom is -0.344 e. The van der Waals surface area contributed by atoms with Crippen molar-refractivity contribution < 1.29 is 0 Å². The Bertz CT molecular complexity index is 1140. The lowest BCUT2D eigenvalue weighted by atomic mass is 9.87. The Morgan fingerprint density at radius 2 is 1.82 bits per heavy atom. The minimum atomic E-state index is 0.305. The number of nitrogens with zero attached hydrogens (tertiary/aromatic N) is 4. The smallest absolute Gasteiger partial charge is 0.130 e. The lowest BCUT2D eigenvalue weighted by molar-refractivity contribution is 0.209. The van der Waals surface area contributed by atoms with Crippen LogP contribution in [0.25, 0.3) is 21.9 Å². The van der Waals surface area contributed by atoms with Crippen LogP contribution in [-0.2, 0) is 7.05 Å². The van der Waals surface area contributed by atoms with E-state index in [9.17, 15) is 0 Å². The van der Waals surface area contributed by atoms with Gasteiger partial charge in [0.1, 0.15) is 5.82 Å². The topological polar surface area (TPSA) is 46.0 Å². The van der Waals surface area contributed by atoms with Crippen LogP contribution in [0.1, 0.15) is 40.0 Å². The number of allylic oxidation sites excluding steroid dienone is 1. The Morgan fingerprint density at radius 3 is 2.48 bits per heavy atom. The van der Waals surface area contributed by atoms with Gasteiger partial charge in [-0.05, 0) is 60.8 Å². The van der Waals surface area contributed by atoms with Gasteiger partial charge in [0.05, 0.1) is 6.20 Å². The van der Waals surface area contributed by atoms with E-state index < -0.39 is 0 Å². The predicted octanol–water partition coefficient (Wildman–Crippen LogP) is 6.27. The molecule has 1 aliphatic heterocycles. The van der Waals surface area contributed by atoms with E-state index >= 15 is 0 Å². The first kappa shape index (κ1) is 23.2. The zero-order valence-electron chi connectivity index (χ0n) is 20.6. The fourth-order valence-corrected chi connectivity index (χ4v) is 4.79. The lowest BCUT2D eigenvalue weighted by Crippen LogP contribution is -2.36. The van der Waals surface area contributed by atoms with Gasteiger partial charge in [-0.1, -0.05) is 51.6 Å². The van der Waals surface area contributed by atoms with Crippen LogP contribution in [0.3, 0.4) is 0 Å². The predicted molar refractivity (Wildman–Crippen MR) is 139 cm³/mol. The Hall–Kier alpha value is -2.92. The van der Waals surface area contributed by atoms with E-state index in [1.807, 2.05) is 30.3 Å². The van der Waals surface area contributed by atoms with Crippen LogP contribution in [-0.4, -0.2) is 39.3 Å². The van der Waals surface area contributed by atoms with Crippen LogP contribution in [0.4, 0.5) is 5.82 Å². The summed E-state index contributed by atoms with van der Waals surface area (Å²) in [5, 5.41) is 10.1. The normalized spacial score (nSPS) is 15.6. The summed E-state index contributed by atoms with van der Waals surface area (Å²) in [5.41, 5.74) is 4.99. The monoisotopic (exact) mass is 443 g/mol. The zero-order chi connectivity index (χ0) is 23.6. The summed E-state index contributed by atoms with van der Waals surface area (Å²) in [7, 11) is 1.94. The number of hydrogen-bond acceptors (Lipinski definition) is 4. The molecule has 3 aromatic rings. The van der Waals surface area contributed by atoms with Crippen molar-refractivity contribution >= 4 is 16.6 Å². The molecular weight excluding hydrogens is 406 g/mol. The van der Waals surface area contributed by atoms with Gasteiger partial charge in [0.25, 0.3) is 0 Å². The molecule has 33 heavy (non-hydrogen) atoms. The van der Waals surface area contributed by atoms with Crippen molar-refractivity contribution in [3.8, 4) is 11.1 Å². The van der Waals surface area contributed by atoms with Gasteiger partial charge in [0.2, 0.25) is 0 Å². The third kappa shape index (κ3) is 6.11. The number of piperidine rings is 1. The summed E-state index contributed by atoms with van der Waals surface area (Å²) in [6, 6.07) is 8.56. The molecule has 174 valence electrons. The summed E-state index contributed by atoms with van der Waals surface area (Å²) < 4.78 is 1.83.